The first kappa shape index (κ1) is 6.35. The minimum absolute atomic E-state index is 0.0486. The first-order valence-corrected chi connectivity index (χ1v) is 3.08. The van der Waals surface area contributed by atoms with Crippen LogP contribution in [0.25, 0.3) is 0 Å². The van der Waals surface area contributed by atoms with Crippen molar-refractivity contribution >= 4 is 15.9 Å². The van der Waals surface area contributed by atoms with E-state index in [0.29, 0.717) is 4.73 Å². The minimum Gasteiger partial charge on any atom is -0.618 e. The Bertz CT molecular complexity index is 206. The Morgan fingerprint density at radius 1 is 1.67 bits per heavy atom. The molecule has 1 rings (SSSR count). The second kappa shape index (κ2) is 2.23. The summed E-state index contributed by atoms with van der Waals surface area (Å²) in [6, 6.07) is 2.89. The van der Waals surface area contributed by atoms with Gasteiger partial charge in [-0.05, 0) is 6.07 Å². The maximum atomic E-state index is 10.5. The predicted molar refractivity (Wildman–Crippen MR) is 34.8 cm³/mol. The average molecular weight is 190 g/mol. The van der Waals surface area contributed by atoms with Crippen molar-refractivity contribution < 1.29 is 9.84 Å². The third-order valence-electron chi connectivity index (χ3n) is 0.880. The maximum Gasteiger partial charge on any atom is 0.301 e. The molecule has 1 aromatic rings. The summed E-state index contributed by atoms with van der Waals surface area (Å²) in [6.07, 6.45) is 1.30. The van der Waals surface area contributed by atoms with Crippen LogP contribution in [0, 0.1) is 5.21 Å². The fourth-order valence-electron chi connectivity index (χ4n) is 0.459. The molecule has 9 heavy (non-hydrogen) atoms. The summed E-state index contributed by atoms with van der Waals surface area (Å²) in [5.74, 6) is -0.0486. The van der Waals surface area contributed by atoms with Gasteiger partial charge in [0.1, 0.15) is 0 Å². The highest BCUT2D eigenvalue weighted by atomic mass is 79.9. The van der Waals surface area contributed by atoms with Gasteiger partial charge in [0.15, 0.2) is 11.9 Å². The quantitative estimate of drug-likeness (QED) is 0.373. The highest BCUT2D eigenvalue weighted by Crippen LogP contribution is 2.16. The van der Waals surface area contributed by atoms with Crippen LogP contribution in [0.2, 0.25) is 0 Å². The van der Waals surface area contributed by atoms with Gasteiger partial charge >= 0.3 is 4.60 Å². The number of hydrogen-bond acceptors (Lipinski definition) is 2. The van der Waals surface area contributed by atoms with Gasteiger partial charge in [-0.2, -0.15) is 4.73 Å². The highest BCUT2D eigenvalue weighted by Gasteiger charge is 2.03. The number of aromatic nitrogens is 1. The smallest absolute Gasteiger partial charge is 0.301 e. The van der Waals surface area contributed by atoms with Crippen molar-refractivity contribution in [1.29, 1.82) is 0 Å². The Morgan fingerprint density at radius 3 is 2.78 bits per heavy atom. The van der Waals surface area contributed by atoms with E-state index in [-0.39, 0.29) is 10.4 Å². The molecule has 1 heterocycles. The maximum absolute atomic E-state index is 10.5. The Morgan fingerprint density at radius 2 is 2.33 bits per heavy atom. The van der Waals surface area contributed by atoms with Gasteiger partial charge in [0, 0.05) is 22.0 Å². The summed E-state index contributed by atoms with van der Waals surface area (Å²) in [4.78, 5) is 0. The molecule has 0 aliphatic rings. The van der Waals surface area contributed by atoms with Crippen molar-refractivity contribution in [3.8, 4) is 5.75 Å². The SMILES string of the molecule is [O-][n+]1cccc(O)c1Br. The van der Waals surface area contributed by atoms with Gasteiger partial charge < -0.3 is 10.3 Å². The Balaban J connectivity index is 3.25. The van der Waals surface area contributed by atoms with E-state index < -0.39 is 0 Å². The van der Waals surface area contributed by atoms with E-state index in [9.17, 15) is 5.21 Å². The molecule has 0 radical (unpaired) electrons. The lowest BCUT2D eigenvalue weighted by molar-refractivity contribution is -0.617. The zero-order valence-corrected chi connectivity index (χ0v) is 6.00. The number of nitrogens with zero attached hydrogens (tertiary/aromatic N) is 1. The summed E-state index contributed by atoms with van der Waals surface area (Å²) in [7, 11) is 0. The molecule has 0 atom stereocenters. The average Bonchev–Trinajstić information content (AvgIpc) is 1.83. The van der Waals surface area contributed by atoms with Gasteiger partial charge in [0.2, 0.25) is 0 Å². The molecule has 0 amide bonds. The molecule has 0 aromatic carbocycles. The molecular weight excluding hydrogens is 186 g/mol. The lowest BCUT2D eigenvalue weighted by Crippen LogP contribution is -2.26. The molecular formula is C5H4BrNO2. The second-order valence-corrected chi connectivity index (χ2v) is 2.26. The van der Waals surface area contributed by atoms with Crippen molar-refractivity contribution in [3.05, 3.63) is 28.1 Å². The zero-order chi connectivity index (χ0) is 6.85. The van der Waals surface area contributed by atoms with Crippen LogP contribution in [-0.4, -0.2) is 5.11 Å². The molecule has 0 unspecified atom stereocenters. The van der Waals surface area contributed by atoms with E-state index in [2.05, 4.69) is 15.9 Å². The number of halogens is 1. The molecule has 0 fully saturated rings. The monoisotopic (exact) mass is 189 g/mol. The number of pyridine rings is 1. The van der Waals surface area contributed by atoms with E-state index in [1.165, 1.54) is 18.3 Å². The number of aromatic hydroxyl groups is 1. The van der Waals surface area contributed by atoms with Crippen molar-refractivity contribution in [2.75, 3.05) is 0 Å². The minimum atomic E-state index is -0.0486. The van der Waals surface area contributed by atoms with Gasteiger partial charge in [-0.1, -0.05) is 0 Å². The first-order chi connectivity index (χ1) is 4.22. The summed E-state index contributed by atoms with van der Waals surface area (Å²) < 4.78 is 0.681. The van der Waals surface area contributed by atoms with E-state index >= 15 is 0 Å². The first-order valence-electron chi connectivity index (χ1n) is 2.28. The van der Waals surface area contributed by atoms with Crippen LogP contribution >= 0.6 is 15.9 Å². The molecule has 4 heteroatoms. The molecule has 0 bridgehead atoms. The number of rotatable bonds is 0. The molecule has 0 saturated heterocycles. The Hall–Kier alpha value is -0.770. The van der Waals surface area contributed by atoms with Crippen molar-refractivity contribution in [2.24, 2.45) is 0 Å². The van der Waals surface area contributed by atoms with Gasteiger partial charge in [0.05, 0.1) is 0 Å². The van der Waals surface area contributed by atoms with E-state index in [4.69, 9.17) is 5.11 Å². The van der Waals surface area contributed by atoms with Crippen LogP contribution in [0.3, 0.4) is 0 Å². The van der Waals surface area contributed by atoms with E-state index in [0.717, 1.165) is 0 Å². The van der Waals surface area contributed by atoms with Crippen LogP contribution < -0.4 is 4.73 Å². The number of hydrogen-bond donors (Lipinski definition) is 1. The zero-order valence-electron chi connectivity index (χ0n) is 4.41. The Labute approximate surface area is 60.3 Å². The lowest BCUT2D eigenvalue weighted by atomic mass is 10.5. The third-order valence-corrected chi connectivity index (χ3v) is 1.64. The highest BCUT2D eigenvalue weighted by molar-refractivity contribution is 9.10. The fourth-order valence-corrected chi connectivity index (χ4v) is 0.710. The topological polar surface area (TPSA) is 47.2 Å². The summed E-state index contributed by atoms with van der Waals surface area (Å²) in [5.41, 5.74) is 0. The Kier molecular flexibility index (Phi) is 1.57. The van der Waals surface area contributed by atoms with Crippen LogP contribution in [0.5, 0.6) is 5.75 Å². The van der Waals surface area contributed by atoms with Crippen LogP contribution in [0.4, 0.5) is 0 Å². The summed E-state index contributed by atoms with van der Waals surface area (Å²) >= 11 is 2.88. The largest absolute Gasteiger partial charge is 0.618 e. The van der Waals surface area contributed by atoms with Gasteiger partial charge in [-0.15, -0.1) is 0 Å². The van der Waals surface area contributed by atoms with Crippen molar-refractivity contribution in [2.45, 2.75) is 0 Å². The fraction of sp³-hybridized carbons (Fsp3) is 0. The lowest BCUT2D eigenvalue weighted by Gasteiger charge is -1.97. The predicted octanol–water partition coefficient (Wildman–Crippen LogP) is 0.788. The second-order valence-electron chi connectivity index (χ2n) is 1.51. The normalized spacial score (nSPS) is 9.44. The molecule has 0 aliphatic heterocycles. The van der Waals surface area contributed by atoms with Gasteiger partial charge in [0.25, 0.3) is 0 Å². The standard InChI is InChI=1S/C5H4BrNO2/c6-5-4(8)2-1-3-7(5)9/h1-3,8H. The van der Waals surface area contributed by atoms with E-state index in [1.54, 1.807) is 0 Å². The van der Waals surface area contributed by atoms with E-state index in [1.807, 2.05) is 0 Å². The summed E-state index contributed by atoms with van der Waals surface area (Å²) in [6.45, 7) is 0. The molecule has 48 valence electrons. The van der Waals surface area contributed by atoms with Crippen LogP contribution in [0.1, 0.15) is 0 Å². The molecule has 1 aromatic heterocycles. The third kappa shape index (κ3) is 1.13. The van der Waals surface area contributed by atoms with Crippen molar-refractivity contribution in [1.82, 2.24) is 0 Å². The van der Waals surface area contributed by atoms with Crippen molar-refractivity contribution in [3.63, 3.8) is 0 Å². The molecule has 0 saturated carbocycles. The van der Waals surface area contributed by atoms with Crippen LogP contribution in [0.15, 0.2) is 22.9 Å². The molecule has 3 nitrogen and oxygen atoms in total. The molecule has 0 aliphatic carbocycles. The van der Waals surface area contributed by atoms with Gasteiger partial charge in [-0.3, -0.25) is 0 Å². The summed E-state index contributed by atoms with van der Waals surface area (Å²) in [5, 5.41) is 19.4. The molecule has 1 N–H and O–H groups in total. The molecule has 0 spiro atoms. The van der Waals surface area contributed by atoms with Crippen LogP contribution in [-0.2, 0) is 0 Å². The van der Waals surface area contributed by atoms with Gasteiger partial charge in [-0.25, -0.2) is 0 Å².